The largest absolute Gasteiger partial charge is 0.384 e. The van der Waals surface area contributed by atoms with Crippen molar-refractivity contribution >= 4 is 11.6 Å². The molecule has 5 heteroatoms. The highest BCUT2D eigenvalue weighted by molar-refractivity contribution is 5.94. The number of ether oxygens (including phenoxy) is 1. The van der Waals surface area contributed by atoms with Gasteiger partial charge < -0.3 is 15.4 Å². The van der Waals surface area contributed by atoms with E-state index in [1.807, 2.05) is 12.1 Å². The molecule has 0 saturated carbocycles. The Balaban J connectivity index is 1.43. The third kappa shape index (κ3) is 5.57. The Bertz CT molecular complexity index is 670. The lowest BCUT2D eigenvalue weighted by atomic mass is 10.1. The van der Waals surface area contributed by atoms with Gasteiger partial charge in [0.1, 0.15) is 0 Å². The Morgan fingerprint density at radius 3 is 2.92 bits per heavy atom. The van der Waals surface area contributed by atoms with E-state index in [9.17, 15) is 4.79 Å². The van der Waals surface area contributed by atoms with Gasteiger partial charge in [-0.2, -0.15) is 0 Å². The van der Waals surface area contributed by atoms with Crippen LogP contribution in [0.25, 0.3) is 0 Å². The second-order valence-corrected chi connectivity index (χ2v) is 6.32. The number of amides is 1. The maximum atomic E-state index is 12.2. The lowest BCUT2D eigenvalue weighted by Gasteiger charge is -2.11. The van der Waals surface area contributed by atoms with E-state index in [1.165, 1.54) is 5.56 Å². The first-order valence-corrected chi connectivity index (χ1v) is 8.94. The fourth-order valence-corrected chi connectivity index (χ4v) is 2.94. The molecule has 3 rings (SSSR count). The normalized spacial score (nSPS) is 16.6. The lowest BCUT2D eigenvalue weighted by molar-refractivity contribution is 0.0857. The van der Waals surface area contributed by atoms with E-state index < -0.39 is 0 Å². The molecule has 1 amide bonds. The molecule has 0 spiro atoms. The average Bonchev–Trinajstić information content (AvgIpc) is 3.18. The first-order valence-electron chi connectivity index (χ1n) is 8.94. The lowest BCUT2D eigenvalue weighted by Crippen LogP contribution is -2.31. The molecular weight excluding hydrogens is 314 g/mol. The maximum absolute atomic E-state index is 12.2. The topological polar surface area (TPSA) is 63.2 Å². The highest BCUT2D eigenvalue weighted by atomic mass is 16.5. The summed E-state index contributed by atoms with van der Waals surface area (Å²) in [6.07, 6.45) is 7.64. The van der Waals surface area contributed by atoms with Gasteiger partial charge in [0.25, 0.3) is 5.91 Å². The minimum absolute atomic E-state index is 0.101. The predicted octanol–water partition coefficient (Wildman–Crippen LogP) is 3.04. The summed E-state index contributed by atoms with van der Waals surface area (Å²) >= 11 is 0. The zero-order valence-electron chi connectivity index (χ0n) is 14.4. The van der Waals surface area contributed by atoms with Crippen LogP contribution in [0, 0.1) is 0 Å². The minimum atomic E-state index is -0.101. The van der Waals surface area contributed by atoms with Crippen molar-refractivity contribution in [3.05, 3.63) is 59.9 Å². The molecule has 1 unspecified atom stereocenters. The highest BCUT2D eigenvalue weighted by Crippen LogP contribution is 2.12. The number of nitrogens with zero attached hydrogens (tertiary/aromatic N) is 1. The first-order chi connectivity index (χ1) is 12.3. The van der Waals surface area contributed by atoms with Crippen LogP contribution in [0.4, 0.5) is 5.69 Å². The third-order valence-corrected chi connectivity index (χ3v) is 4.33. The third-order valence-electron chi connectivity index (χ3n) is 4.33. The molecule has 1 fully saturated rings. The van der Waals surface area contributed by atoms with Crippen LogP contribution in [-0.2, 0) is 11.2 Å². The summed E-state index contributed by atoms with van der Waals surface area (Å²) in [4.78, 5) is 16.4. The van der Waals surface area contributed by atoms with Crippen LogP contribution < -0.4 is 10.6 Å². The average molecular weight is 339 g/mol. The summed E-state index contributed by atoms with van der Waals surface area (Å²) in [5.41, 5.74) is 2.79. The Hall–Kier alpha value is -2.40. The summed E-state index contributed by atoms with van der Waals surface area (Å²) in [6.45, 7) is 2.20. The first kappa shape index (κ1) is 17.4. The number of nitrogens with one attached hydrogen (secondary N) is 2. The van der Waals surface area contributed by atoms with Crippen molar-refractivity contribution in [3.8, 4) is 0 Å². The van der Waals surface area contributed by atoms with Gasteiger partial charge in [0.05, 0.1) is 17.4 Å². The molecule has 1 saturated heterocycles. The van der Waals surface area contributed by atoms with Gasteiger partial charge in [-0.15, -0.1) is 0 Å². The van der Waals surface area contributed by atoms with Crippen molar-refractivity contribution < 1.29 is 9.53 Å². The van der Waals surface area contributed by atoms with Crippen LogP contribution >= 0.6 is 0 Å². The van der Waals surface area contributed by atoms with Crippen molar-refractivity contribution in [2.45, 2.75) is 31.8 Å². The van der Waals surface area contributed by atoms with Crippen LogP contribution in [0.1, 0.15) is 35.2 Å². The second-order valence-electron chi connectivity index (χ2n) is 6.32. The second kappa shape index (κ2) is 9.18. The molecule has 0 bridgehead atoms. The van der Waals surface area contributed by atoms with Gasteiger partial charge in [-0.05, 0) is 37.3 Å². The Morgan fingerprint density at radius 1 is 1.24 bits per heavy atom. The van der Waals surface area contributed by atoms with E-state index in [0.717, 1.165) is 44.5 Å². The monoisotopic (exact) mass is 339 g/mol. The van der Waals surface area contributed by atoms with Crippen molar-refractivity contribution in [1.82, 2.24) is 10.3 Å². The number of benzene rings is 1. The van der Waals surface area contributed by atoms with Gasteiger partial charge in [-0.25, -0.2) is 0 Å². The van der Waals surface area contributed by atoms with Crippen molar-refractivity contribution in [3.63, 3.8) is 0 Å². The van der Waals surface area contributed by atoms with Gasteiger partial charge in [0, 0.05) is 32.1 Å². The molecule has 2 aromatic rings. The molecule has 5 nitrogen and oxygen atoms in total. The SMILES string of the molecule is O=C(NCC1CCCO1)c1cncc(NCCCc2ccccc2)c1. The van der Waals surface area contributed by atoms with E-state index >= 15 is 0 Å². The number of carbonyl (C=O) groups is 1. The Labute approximate surface area is 148 Å². The quantitative estimate of drug-likeness (QED) is 0.726. The van der Waals surface area contributed by atoms with Crippen LogP contribution in [-0.4, -0.2) is 36.7 Å². The molecule has 1 aromatic carbocycles. The van der Waals surface area contributed by atoms with E-state index in [-0.39, 0.29) is 12.0 Å². The van der Waals surface area contributed by atoms with E-state index in [0.29, 0.717) is 12.1 Å². The molecule has 1 atom stereocenters. The Morgan fingerprint density at radius 2 is 2.12 bits per heavy atom. The summed E-state index contributed by atoms with van der Waals surface area (Å²) in [5, 5.41) is 6.27. The highest BCUT2D eigenvalue weighted by Gasteiger charge is 2.16. The number of rotatable bonds is 8. The van der Waals surface area contributed by atoms with Crippen LogP contribution in [0.2, 0.25) is 0 Å². The van der Waals surface area contributed by atoms with Gasteiger partial charge in [0.15, 0.2) is 0 Å². The Kier molecular flexibility index (Phi) is 6.40. The number of aryl methyl sites for hydroxylation is 1. The number of anilines is 1. The number of pyridine rings is 1. The van der Waals surface area contributed by atoms with Crippen molar-refractivity contribution in [2.75, 3.05) is 25.0 Å². The fraction of sp³-hybridized carbons (Fsp3) is 0.400. The van der Waals surface area contributed by atoms with Crippen LogP contribution in [0.3, 0.4) is 0 Å². The van der Waals surface area contributed by atoms with Gasteiger partial charge in [0.2, 0.25) is 0 Å². The molecule has 1 aliphatic rings. The van der Waals surface area contributed by atoms with E-state index in [4.69, 9.17) is 4.74 Å². The molecule has 132 valence electrons. The zero-order valence-corrected chi connectivity index (χ0v) is 14.4. The molecule has 0 aliphatic carbocycles. The maximum Gasteiger partial charge on any atom is 0.253 e. The number of hydrogen-bond donors (Lipinski definition) is 2. The predicted molar refractivity (Wildman–Crippen MR) is 98.8 cm³/mol. The van der Waals surface area contributed by atoms with Gasteiger partial charge in [-0.1, -0.05) is 30.3 Å². The van der Waals surface area contributed by atoms with Gasteiger partial charge in [-0.3, -0.25) is 9.78 Å². The molecule has 0 radical (unpaired) electrons. The number of carbonyl (C=O) groups excluding carboxylic acids is 1. The minimum Gasteiger partial charge on any atom is -0.384 e. The molecule has 2 N–H and O–H groups in total. The van der Waals surface area contributed by atoms with Crippen LogP contribution in [0.5, 0.6) is 0 Å². The van der Waals surface area contributed by atoms with Gasteiger partial charge >= 0.3 is 0 Å². The summed E-state index contributed by atoms with van der Waals surface area (Å²) < 4.78 is 5.52. The van der Waals surface area contributed by atoms with E-state index in [1.54, 1.807) is 12.4 Å². The van der Waals surface area contributed by atoms with Crippen molar-refractivity contribution in [1.29, 1.82) is 0 Å². The number of hydrogen-bond acceptors (Lipinski definition) is 4. The molecule has 2 heterocycles. The molecular formula is C20H25N3O2. The molecule has 25 heavy (non-hydrogen) atoms. The standard InChI is InChI=1S/C20H25N3O2/c24-20(23-15-19-9-5-11-25-19)17-12-18(14-21-13-17)22-10-4-8-16-6-2-1-3-7-16/h1-3,6-7,12-14,19,22H,4-5,8-11,15H2,(H,23,24). The fourth-order valence-electron chi connectivity index (χ4n) is 2.94. The molecule has 1 aliphatic heterocycles. The molecule has 1 aromatic heterocycles. The number of aromatic nitrogens is 1. The van der Waals surface area contributed by atoms with Crippen molar-refractivity contribution in [2.24, 2.45) is 0 Å². The van der Waals surface area contributed by atoms with Crippen LogP contribution in [0.15, 0.2) is 48.8 Å². The zero-order chi connectivity index (χ0) is 17.3. The summed E-state index contributed by atoms with van der Waals surface area (Å²) in [7, 11) is 0. The summed E-state index contributed by atoms with van der Waals surface area (Å²) in [5.74, 6) is -0.101. The smallest absolute Gasteiger partial charge is 0.253 e. The van der Waals surface area contributed by atoms with E-state index in [2.05, 4.69) is 39.9 Å². The summed E-state index contributed by atoms with van der Waals surface area (Å²) in [6, 6.07) is 12.3.